The Morgan fingerprint density at radius 2 is 2.12 bits per heavy atom. The lowest BCUT2D eigenvalue weighted by atomic mass is 9.89. The number of benzene rings is 1. The van der Waals surface area contributed by atoms with Crippen LogP contribution in [-0.2, 0) is 9.53 Å². The first-order valence-electron chi connectivity index (χ1n) is 5.70. The molecule has 92 valence electrons. The number of hydrogen-bond donors (Lipinski definition) is 1. The maximum Gasteiger partial charge on any atom is 0.230 e. The van der Waals surface area contributed by atoms with Crippen LogP contribution >= 0.6 is 11.8 Å². The SMILES string of the molecule is CC1(CNC(=O)CSc2ccccc2)COC1. The van der Waals surface area contributed by atoms with Gasteiger partial charge in [-0.3, -0.25) is 4.79 Å². The van der Waals surface area contributed by atoms with Crippen molar-refractivity contribution in [3.63, 3.8) is 0 Å². The van der Waals surface area contributed by atoms with Crippen molar-refractivity contribution < 1.29 is 9.53 Å². The molecule has 1 aromatic carbocycles. The van der Waals surface area contributed by atoms with E-state index in [4.69, 9.17) is 4.74 Å². The fourth-order valence-electron chi connectivity index (χ4n) is 1.58. The Kier molecular flexibility index (Phi) is 4.07. The summed E-state index contributed by atoms with van der Waals surface area (Å²) < 4.78 is 5.14. The average Bonchev–Trinajstić information content (AvgIpc) is 2.33. The van der Waals surface area contributed by atoms with Gasteiger partial charge in [0.1, 0.15) is 0 Å². The average molecular weight is 251 g/mol. The van der Waals surface area contributed by atoms with Gasteiger partial charge in [0.15, 0.2) is 0 Å². The molecule has 1 aliphatic heterocycles. The van der Waals surface area contributed by atoms with Gasteiger partial charge in [-0.15, -0.1) is 11.8 Å². The van der Waals surface area contributed by atoms with Gasteiger partial charge in [-0.05, 0) is 12.1 Å². The van der Waals surface area contributed by atoms with E-state index in [0.29, 0.717) is 12.3 Å². The molecule has 1 aliphatic rings. The van der Waals surface area contributed by atoms with Gasteiger partial charge in [0.2, 0.25) is 5.91 Å². The Morgan fingerprint density at radius 3 is 2.71 bits per heavy atom. The number of ether oxygens (including phenoxy) is 1. The van der Waals surface area contributed by atoms with Gasteiger partial charge in [-0.2, -0.15) is 0 Å². The van der Waals surface area contributed by atoms with Crippen LogP contribution in [0.1, 0.15) is 6.92 Å². The summed E-state index contributed by atoms with van der Waals surface area (Å²) in [5, 5.41) is 2.96. The molecule has 1 fully saturated rings. The highest BCUT2D eigenvalue weighted by molar-refractivity contribution is 8.00. The Labute approximate surface area is 106 Å². The standard InChI is InChI=1S/C13H17NO2S/c1-13(9-16-10-13)8-14-12(15)7-17-11-5-3-2-4-6-11/h2-6H,7-10H2,1H3,(H,14,15). The van der Waals surface area contributed by atoms with E-state index < -0.39 is 0 Å². The zero-order valence-corrected chi connectivity index (χ0v) is 10.8. The van der Waals surface area contributed by atoms with Crippen LogP contribution in [0.25, 0.3) is 0 Å². The second-order valence-electron chi connectivity index (χ2n) is 4.68. The van der Waals surface area contributed by atoms with Gasteiger partial charge in [0.25, 0.3) is 0 Å². The number of amides is 1. The number of carbonyl (C=O) groups excluding carboxylic acids is 1. The van der Waals surface area contributed by atoms with Gasteiger partial charge in [-0.25, -0.2) is 0 Å². The predicted octanol–water partition coefficient (Wildman–Crippen LogP) is 1.93. The van der Waals surface area contributed by atoms with Crippen molar-refractivity contribution in [2.45, 2.75) is 11.8 Å². The van der Waals surface area contributed by atoms with Crippen LogP contribution in [0.2, 0.25) is 0 Å². The molecule has 0 atom stereocenters. The molecule has 0 unspecified atom stereocenters. The van der Waals surface area contributed by atoms with E-state index >= 15 is 0 Å². The first-order valence-corrected chi connectivity index (χ1v) is 6.69. The second kappa shape index (κ2) is 5.56. The van der Waals surface area contributed by atoms with Crippen LogP contribution in [-0.4, -0.2) is 31.4 Å². The Hall–Kier alpha value is -1.00. The van der Waals surface area contributed by atoms with E-state index in [0.717, 1.165) is 18.1 Å². The van der Waals surface area contributed by atoms with Crippen molar-refractivity contribution in [3.05, 3.63) is 30.3 Å². The van der Waals surface area contributed by atoms with Crippen LogP contribution < -0.4 is 5.32 Å². The van der Waals surface area contributed by atoms with Crippen LogP contribution in [0.5, 0.6) is 0 Å². The summed E-state index contributed by atoms with van der Waals surface area (Å²) in [6.45, 7) is 4.33. The minimum absolute atomic E-state index is 0.0898. The predicted molar refractivity (Wildman–Crippen MR) is 69.1 cm³/mol. The van der Waals surface area contributed by atoms with Gasteiger partial charge < -0.3 is 10.1 Å². The van der Waals surface area contributed by atoms with Gasteiger partial charge in [-0.1, -0.05) is 25.1 Å². The van der Waals surface area contributed by atoms with Crippen molar-refractivity contribution >= 4 is 17.7 Å². The van der Waals surface area contributed by atoms with Crippen molar-refractivity contribution in [2.24, 2.45) is 5.41 Å². The number of hydrogen-bond acceptors (Lipinski definition) is 3. The lowest BCUT2D eigenvalue weighted by Crippen LogP contribution is -2.48. The normalized spacial score (nSPS) is 17.2. The summed E-state index contributed by atoms with van der Waals surface area (Å²) in [7, 11) is 0. The summed E-state index contributed by atoms with van der Waals surface area (Å²) in [5.74, 6) is 0.563. The lowest BCUT2D eigenvalue weighted by Gasteiger charge is -2.38. The molecule has 1 saturated heterocycles. The number of rotatable bonds is 5. The van der Waals surface area contributed by atoms with Crippen LogP contribution in [0.3, 0.4) is 0 Å². The van der Waals surface area contributed by atoms with E-state index in [1.807, 2.05) is 30.3 Å². The first kappa shape index (κ1) is 12.5. The molecule has 1 aromatic rings. The molecule has 17 heavy (non-hydrogen) atoms. The molecule has 0 saturated carbocycles. The smallest absolute Gasteiger partial charge is 0.230 e. The number of thioether (sulfide) groups is 1. The second-order valence-corrected chi connectivity index (χ2v) is 5.73. The maximum atomic E-state index is 11.6. The highest BCUT2D eigenvalue weighted by Gasteiger charge is 2.33. The quantitative estimate of drug-likeness (QED) is 0.813. The molecule has 0 aromatic heterocycles. The minimum atomic E-state index is 0.0898. The Morgan fingerprint density at radius 1 is 1.41 bits per heavy atom. The molecule has 2 rings (SSSR count). The van der Waals surface area contributed by atoms with Crippen molar-refractivity contribution in [3.8, 4) is 0 Å². The molecule has 0 spiro atoms. The molecule has 0 bridgehead atoms. The van der Waals surface area contributed by atoms with Crippen molar-refractivity contribution in [1.82, 2.24) is 5.32 Å². The minimum Gasteiger partial charge on any atom is -0.380 e. The molecule has 0 aliphatic carbocycles. The van der Waals surface area contributed by atoms with E-state index in [1.54, 1.807) is 11.8 Å². The molecule has 3 nitrogen and oxygen atoms in total. The summed E-state index contributed by atoms with van der Waals surface area (Å²) in [6, 6.07) is 9.96. The lowest BCUT2D eigenvalue weighted by molar-refractivity contribution is -0.124. The third-order valence-electron chi connectivity index (χ3n) is 2.73. The molecular weight excluding hydrogens is 234 g/mol. The van der Waals surface area contributed by atoms with E-state index in [-0.39, 0.29) is 11.3 Å². The molecule has 0 radical (unpaired) electrons. The third kappa shape index (κ3) is 3.75. The fourth-order valence-corrected chi connectivity index (χ4v) is 2.33. The zero-order chi connectivity index (χ0) is 12.1. The van der Waals surface area contributed by atoms with Crippen LogP contribution in [0.4, 0.5) is 0 Å². The van der Waals surface area contributed by atoms with Crippen molar-refractivity contribution in [2.75, 3.05) is 25.5 Å². The van der Waals surface area contributed by atoms with Crippen LogP contribution in [0, 0.1) is 5.41 Å². The monoisotopic (exact) mass is 251 g/mol. The summed E-state index contributed by atoms with van der Waals surface area (Å²) in [6.07, 6.45) is 0. The maximum absolute atomic E-state index is 11.6. The summed E-state index contributed by atoms with van der Waals surface area (Å²) >= 11 is 1.56. The Bertz CT molecular complexity index is 376. The highest BCUT2D eigenvalue weighted by Crippen LogP contribution is 2.25. The van der Waals surface area contributed by atoms with E-state index in [9.17, 15) is 4.79 Å². The number of carbonyl (C=O) groups is 1. The largest absolute Gasteiger partial charge is 0.380 e. The summed E-state index contributed by atoms with van der Waals surface area (Å²) in [4.78, 5) is 12.8. The van der Waals surface area contributed by atoms with Crippen molar-refractivity contribution in [1.29, 1.82) is 0 Å². The van der Waals surface area contributed by atoms with Gasteiger partial charge in [0, 0.05) is 16.9 Å². The van der Waals surface area contributed by atoms with Gasteiger partial charge >= 0.3 is 0 Å². The highest BCUT2D eigenvalue weighted by atomic mass is 32.2. The zero-order valence-electron chi connectivity index (χ0n) is 9.94. The van der Waals surface area contributed by atoms with Gasteiger partial charge in [0.05, 0.1) is 19.0 Å². The Balaban J connectivity index is 1.67. The van der Waals surface area contributed by atoms with Crippen LogP contribution in [0.15, 0.2) is 35.2 Å². The molecule has 1 amide bonds. The fraction of sp³-hybridized carbons (Fsp3) is 0.462. The molecule has 1 N–H and O–H groups in total. The first-order chi connectivity index (χ1) is 8.18. The number of nitrogens with one attached hydrogen (secondary N) is 1. The third-order valence-corrected chi connectivity index (χ3v) is 3.74. The van der Waals surface area contributed by atoms with E-state index in [1.165, 1.54) is 0 Å². The summed E-state index contributed by atoms with van der Waals surface area (Å²) in [5.41, 5.74) is 0.146. The molecular formula is C13H17NO2S. The van der Waals surface area contributed by atoms with E-state index in [2.05, 4.69) is 12.2 Å². The molecule has 1 heterocycles. The topological polar surface area (TPSA) is 38.3 Å². The molecule has 4 heteroatoms.